The quantitative estimate of drug-likeness (QED) is 0.853. The second kappa shape index (κ2) is 6.66. The summed E-state index contributed by atoms with van der Waals surface area (Å²) >= 11 is 0. The highest BCUT2D eigenvalue weighted by Gasteiger charge is 2.24. The van der Waals surface area contributed by atoms with Gasteiger partial charge in [-0.15, -0.1) is 0 Å². The molecule has 1 aromatic carbocycles. The topological polar surface area (TPSA) is 21.1 Å². The van der Waals surface area contributed by atoms with Crippen molar-refractivity contribution in [2.45, 2.75) is 52.6 Å². The van der Waals surface area contributed by atoms with Gasteiger partial charge in [-0.1, -0.05) is 18.2 Å². The van der Waals surface area contributed by atoms with E-state index in [1.54, 1.807) is 0 Å². The van der Waals surface area contributed by atoms with Gasteiger partial charge in [0.05, 0.1) is 0 Å². The summed E-state index contributed by atoms with van der Waals surface area (Å²) in [5, 5.41) is 0. The van der Waals surface area contributed by atoms with Gasteiger partial charge in [-0.05, 0) is 56.8 Å². The number of aromatic nitrogens is 2. The zero-order chi connectivity index (χ0) is 15.5. The standard InChI is InChI=1S/C19H27N3/c1-4-22-11-9-20-19(22)18-6-5-10-21(14-18)13-17-8-7-15(2)16(3)12-17/h7-9,11-12,18H,4-6,10,13-14H2,1-3H3. The van der Waals surface area contributed by atoms with Crippen molar-refractivity contribution < 1.29 is 0 Å². The number of rotatable bonds is 4. The van der Waals surface area contributed by atoms with Gasteiger partial charge in [0.2, 0.25) is 0 Å². The summed E-state index contributed by atoms with van der Waals surface area (Å²) in [5.74, 6) is 1.85. The van der Waals surface area contributed by atoms with Gasteiger partial charge in [0, 0.05) is 37.9 Å². The fourth-order valence-electron chi connectivity index (χ4n) is 3.52. The highest BCUT2D eigenvalue weighted by Crippen LogP contribution is 2.27. The molecule has 22 heavy (non-hydrogen) atoms. The van der Waals surface area contributed by atoms with Crippen LogP contribution in [0.4, 0.5) is 0 Å². The number of hydrogen-bond acceptors (Lipinski definition) is 2. The van der Waals surface area contributed by atoms with E-state index in [1.807, 2.05) is 6.20 Å². The molecule has 1 aliphatic heterocycles. The van der Waals surface area contributed by atoms with Crippen LogP contribution in [0.25, 0.3) is 0 Å². The lowest BCUT2D eigenvalue weighted by molar-refractivity contribution is 0.194. The van der Waals surface area contributed by atoms with Crippen molar-refractivity contribution in [3.05, 3.63) is 53.1 Å². The van der Waals surface area contributed by atoms with Crippen LogP contribution in [-0.4, -0.2) is 27.5 Å². The molecule has 1 fully saturated rings. The smallest absolute Gasteiger partial charge is 0.113 e. The van der Waals surface area contributed by atoms with Crippen molar-refractivity contribution in [2.24, 2.45) is 0 Å². The molecular weight excluding hydrogens is 270 g/mol. The van der Waals surface area contributed by atoms with Crippen LogP contribution in [-0.2, 0) is 13.1 Å². The van der Waals surface area contributed by atoms with Crippen LogP contribution in [0.5, 0.6) is 0 Å². The summed E-state index contributed by atoms with van der Waals surface area (Å²) in [4.78, 5) is 7.20. The first kappa shape index (κ1) is 15.3. The number of aryl methyl sites for hydroxylation is 3. The Morgan fingerprint density at radius 1 is 1.23 bits per heavy atom. The molecule has 0 spiro atoms. The van der Waals surface area contributed by atoms with Crippen LogP contribution < -0.4 is 0 Å². The zero-order valence-electron chi connectivity index (χ0n) is 14.0. The van der Waals surface area contributed by atoms with E-state index in [-0.39, 0.29) is 0 Å². The van der Waals surface area contributed by atoms with Crippen LogP contribution in [0.3, 0.4) is 0 Å². The average molecular weight is 297 g/mol. The Balaban J connectivity index is 1.69. The lowest BCUT2D eigenvalue weighted by atomic mass is 9.96. The molecule has 0 bridgehead atoms. The third kappa shape index (κ3) is 3.25. The SMILES string of the molecule is CCn1ccnc1C1CCCN(Cc2ccc(C)c(C)c2)C1. The number of imidazole rings is 1. The number of nitrogens with zero attached hydrogens (tertiary/aromatic N) is 3. The maximum Gasteiger partial charge on any atom is 0.113 e. The van der Waals surface area contributed by atoms with E-state index in [9.17, 15) is 0 Å². The predicted molar refractivity (Wildman–Crippen MR) is 91.1 cm³/mol. The fourth-order valence-corrected chi connectivity index (χ4v) is 3.52. The van der Waals surface area contributed by atoms with Crippen LogP contribution in [0, 0.1) is 13.8 Å². The van der Waals surface area contributed by atoms with Crippen molar-refractivity contribution in [1.82, 2.24) is 14.5 Å². The number of benzene rings is 1. The van der Waals surface area contributed by atoms with E-state index in [2.05, 4.69) is 59.6 Å². The van der Waals surface area contributed by atoms with Crippen molar-refractivity contribution in [3.8, 4) is 0 Å². The van der Waals surface area contributed by atoms with Gasteiger partial charge in [-0.25, -0.2) is 4.98 Å². The molecule has 1 unspecified atom stereocenters. The van der Waals surface area contributed by atoms with Gasteiger partial charge in [0.25, 0.3) is 0 Å². The second-order valence-corrected chi connectivity index (χ2v) is 6.56. The zero-order valence-corrected chi connectivity index (χ0v) is 14.0. The molecular formula is C19H27N3. The van der Waals surface area contributed by atoms with Crippen molar-refractivity contribution >= 4 is 0 Å². The number of piperidine rings is 1. The highest BCUT2D eigenvalue weighted by atomic mass is 15.1. The van der Waals surface area contributed by atoms with Gasteiger partial charge in [-0.2, -0.15) is 0 Å². The first-order chi connectivity index (χ1) is 10.7. The summed E-state index contributed by atoms with van der Waals surface area (Å²) in [7, 11) is 0. The Kier molecular flexibility index (Phi) is 4.63. The molecule has 0 N–H and O–H groups in total. The Morgan fingerprint density at radius 2 is 2.09 bits per heavy atom. The molecule has 1 saturated heterocycles. The van der Waals surface area contributed by atoms with E-state index in [0.717, 1.165) is 19.6 Å². The van der Waals surface area contributed by atoms with Crippen LogP contribution in [0.2, 0.25) is 0 Å². The predicted octanol–water partition coefficient (Wildman–Crippen LogP) is 3.90. The lowest BCUT2D eigenvalue weighted by Gasteiger charge is -2.32. The minimum Gasteiger partial charge on any atom is -0.335 e. The monoisotopic (exact) mass is 297 g/mol. The average Bonchev–Trinajstić information content (AvgIpc) is 3.00. The molecule has 0 saturated carbocycles. The molecule has 2 heterocycles. The third-order valence-electron chi connectivity index (χ3n) is 4.94. The summed E-state index contributed by atoms with van der Waals surface area (Å²) in [6.07, 6.45) is 6.59. The van der Waals surface area contributed by atoms with Crippen LogP contribution >= 0.6 is 0 Å². The third-order valence-corrected chi connectivity index (χ3v) is 4.94. The maximum atomic E-state index is 4.61. The molecule has 0 radical (unpaired) electrons. The Morgan fingerprint density at radius 3 is 2.86 bits per heavy atom. The van der Waals surface area contributed by atoms with E-state index < -0.39 is 0 Å². The van der Waals surface area contributed by atoms with Gasteiger partial charge >= 0.3 is 0 Å². The summed E-state index contributed by atoms with van der Waals surface area (Å²) < 4.78 is 2.30. The van der Waals surface area contributed by atoms with E-state index in [4.69, 9.17) is 0 Å². The molecule has 3 nitrogen and oxygen atoms in total. The van der Waals surface area contributed by atoms with Gasteiger partial charge in [-0.3, -0.25) is 4.90 Å². The minimum absolute atomic E-state index is 0.579. The summed E-state index contributed by atoms with van der Waals surface area (Å²) in [5.41, 5.74) is 4.21. The van der Waals surface area contributed by atoms with Crippen molar-refractivity contribution in [3.63, 3.8) is 0 Å². The van der Waals surface area contributed by atoms with E-state index >= 15 is 0 Å². The summed E-state index contributed by atoms with van der Waals surface area (Å²) in [6, 6.07) is 6.86. The van der Waals surface area contributed by atoms with E-state index in [0.29, 0.717) is 5.92 Å². The first-order valence-electron chi connectivity index (χ1n) is 8.47. The molecule has 1 aromatic heterocycles. The first-order valence-corrected chi connectivity index (χ1v) is 8.47. The molecule has 0 aliphatic carbocycles. The Hall–Kier alpha value is -1.61. The Labute approximate surface area is 134 Å². The molecule has 118 valence electrons. The number of hydrogen-bond donors (Lipinski definition) is 0. The van der Waals surface area contributed by atoms with Crippen LogP contribution in [0.1, 0.15) is 48.2 Å². The van der Waals surface area contributed by atoms with E-state index in [1.165, 1.54) is 41.9 Å². The molecule has 3 rings (SSSR count). The largest absolute Gasteiger partial charge is 0.335 e. The summed E-state index contributed by atoms with van der Waals surface area (Å²) in [6.45, 7) is 11.0. The second-order valence-electron chi connectivity index (χ2n) is 6.56. The highest BCUT2D eigenvalue weighted by molar-refractivity contribution is 5.29. The normalized spacial score (nSPS) is 19.5. The minimum atomic E-state index is 0.579. The maximum absolute atomic E-state index is 4.61. The Bertz CT molecular complexity index is 629. The molecule has 2 aromatic rings. The van der Waals surface area contributed by atoms with Crippen LogP contribution in [0.15, 0.2) is 30.6 Å². The molecule has 0 amide bonds. The fraction of sp³-hybridized carbons (Fsp3) is 0.526. The number of likely N-dealkylation sites (tertiary alicyclic amines) is 1. The molecule has 1 aliphatic rings. The van der Waals surface area contributed by atoms with Crippen molar-refractivity contribution in [1.29, 1.82) is 0 Å². The van der Waals surface area contributed by atoms with Gasteiger partial charge in [0.1, 0.15) is 5.82 Å². The molecule has 3 heteroatoms. The van der Waals surface area contributed by atoms with Gasteiger partial charge in [0.15, 0.2) is 0 Å². The van der Waals surface area contributed by atoms with Gasteiger partial charge < -0.3 is 4.57 Å². The molecule has 1 atom stereocenters. The van der Waals surface area contributed by atoms with Crippen molar-refractivity contribution in [2.75, 3.05) is 13.1 Å². The lowest BCUT2D eigenvalue weighted by Crippen LogP contribution is -2.34.